The molecule has 29 heavy (non-hydrogen) atoms. The molecule has 5 nitrogen and oxygen atoms in total. The molecule has 0 aliphatic heterocycles. The monoisotopic (exact) mass is 449 g/mol. The molecule has 0 spiro atoms. The number of halogens is 1. The van der Waals surface area contributed by atoms with E-state index in [9.17, 15) is 9.59 Å². The molecule has 0 fully saturated rings. The Morgan fingerprint density at radius 2 is 1.76 bits per heavy atom. The smallest absolute Gasteiger partial charge is 0.256 e. The van der Waals surface area contributed by atoms with Gasteiger partial charge >= 0.3 is 0 Å². The Morgan fingerprint density at radius 1 is 1.00 bits per heavy atom. The number of hydrogen-bond acceptors (Lipinski definition) is 4. The van der Waals surface area contributed by atoms with Crippen LogP contribution in [-0.2, 0) is 0 Å². The van der Waals surface area contributed by atoms with Gasteiger partial charge in [0.2, 0.25) is 0 Å². The summed E-state index contributed by atoms with van der Waals surface area (Å²) >= 11 is 3.37. The van der Waals surface area contributed by atoms with Gasteiger partial charge < -0.3 is 14.5 Å². The molecule has 0 aliphatic rings. The number of nitrogens with one attached hydrogen (secondary N) is 1. The first-order valence-corrected chi connectivity index (χ1v) is 9.62. The minimum Gasteiger partial charge on any atom is -0.497 e. The van der Waals surface area contributed by atoms with Crippen LogP contribution < -0.4 is 15.5 Å². The number of carbonyl (C=O) groups is 1. The van der Waals surface area contributed by atoms with Crippen LogP contribution >= 0.6 is 15.9 Å². The third-order valence-corrected chi connectivity index (χ3v) is 5.17. The summed E-state index contributed by atoms with van der Waals surface area (Å²) < 4.78 is 11.8. The third-order valence-electron chi connectivity index (χ3n) is 4.48. The van der Waals surface area contributed by atoms with E-state index >= 15 is 0 Å². The molecule has 0 saturated heterocycles. The van der Waals surface area contributed by atoms with Crippen LogP contribution in [-0.4, -0.2) is 13.0 Å². The largest absolute Gasteiger partial charge is 0.497 e. The van der Waals surface area contributed by atoms with E-state index < -0.39 is 0 Å². The summed E-state index contributed by atoms with van der Waals surface area (Å²) in [5.41, 5.74) is 2.06. The Balaban J connectivity index is 1.66. The van der Waals surface area contributed by atoms with Crippen molar-refractivity contribution in [3.05, 3.63) is 93.1 Å². The molecule has 1 aromatic heterocycles. The lowest BCUT2D eigenvalue weighted by Gasteiger charge is -2.08. The molecule has 4 aromatic rings. The first-order chi connectivity index (χ1) is 14.0. The van der Waals surface area contributed by atoms with Gasteiger partial charge in [0.25, 0.3) is 5.91 Å². The second kappa shape index (κ2) is 7.93. The van der Waals surface area contributed by atoms with Crippen molar-refractivity contribution >= 4 is 38.5 Å². The molecule has 4 rings (SSSR count). The molecule has 1 heterocycles. The first kappa shape index (κ1) is 19.0. The lowest BCUT2D eigenvalue weighted by molar-refractivity contribution is 0.102. The standard InChI is InChI=1S/C23H16BrNO4/c1-28-16-9-6-14(7-10-16)22-13-20(26)18-12-15(8-11-21(18)29-22)25-23(27)17-4-2-3-5-19(17)24/h2-13H,1H3,(H,25,27). The molecule has 0 saturated carbocycles. The number of ether oxygens (including phenoxy) is 1. The van der Waals surface area contributed by atoms with Crippen LogP contribution in [0.15, 0.2) is 86.5 Å². The average molecular weight is 450 g/mol. The second-order valence-electron chi connectivity index (χ2n) is 6.35. The number of amides is 1. The molecule has 0 radical (unpaired) electrons. The summed E-state index contributed by atoms with van der Waals surface area (Å²) in [5, 5.41) is 3.21. The van der Waals surface area contributed by atoms with E-state index in [1.807, 2.05) is 18.2 Å². The van der Waals surface area contributed by atoms with Crippen molar-refractivity contribution in [3.8, 4) is 17.1 Å². The van der Waals surface area contributed by atoms with E-state index in [2.05, 4.69) is 21.2 Å². The summed E-state index contributed by atoms with van der Waals surface area (Å²) in [5.74, 6) is 0.925. The molecule has 0 bridgehead atoms. The van der Waals surface area contributed by atoms with E-state index in [-0.39, 0.29) is 11.3 Å². The average Bonchev–Trinajstić information content (AvgIpc) is 2.74. The van der Waals surface area contributed by atoms with Gasteiger partial charge in [-0.2, -0.15) is 0 Å². The van der Waals surface area contributed by atoms with E-state index in [1.165, 1.54) is 6.07 Å². The normalized spacial score (nSPS) is 10.7. The van der Waals surface area contributed by atoms with Crippen molar-refractivity contribution in [3.63, 3.8) is 0 Å². The predicted molar refractivity (Wildman–Crippen MR) is 117 cm³/mol. The number of fused-ring (bicyclic) bond motifs is 1. The SMILES string of the molecule is COc1ccc(-c2cc(=O)c3cc(NC(=O)c4ccccc4Br)ccc3o2)cc1. The predicted octanol–water partition coefficient (Wildman–Crippen LogP) is 5.48. The van der Waals surface area contributed by atoms with Gasteiger partial charge in [0.05, 0.1) is 18.1 Å². The van der Waals surface area contributed by atoms with Gasteiger partial charge in [0, 0.05) is 21.8 Å². The molecule has 6 heteroatoms. The molecule has 1 amide bonds. The Hall–Kier alpha value is -3.38. The summed E-state index contributed by atoms with van der Waals surface area (Å²) in [6.07, 6.45) is 0. The summed E-state index contributed by atoms with van der Waals surface area (Å²) in [4.78, 5) is 25.1. The fourth-order valence-corrected chi connectivity index (χ4v) is 3.44. The maximum Gasteiger partial charge on any atom is 0.256 e. The van der Waals surface area contributed by atoms with Crippen LogP contribution in [0.4, 0.5) is 5.69 Å². The molecule has 0 unspecified atom stereocenters. The van der Waals surface area contributed by atoms with Gasteiger partial charge in [-0.1, -0.05) is 12.1 Å². The zero-order chi connectivity index (χ0) is 20.4. The zero-order valence-electron chi connectivity index (χ0n) is 15.4. The van der Waals surface area contributed by atoms with E-state index in [0.29, 0.717) is 32.5 Å². The molecule has 0 atom stereocenters. The highest BCUT2D eigenvalue weighted by molar-refractivity contribution is 9.10. The molecule has 0 aliphatic carbocycles. The Bertz CT molecular complexity index is 1260. The fourth-order valence-electron chi connectivity index (χ4n) is 2.98. The van der Waals surface area contributed by atoms with Crippen molar-refractivity contribution < 1.29 is 13.9 Å². The number of anilines is 1. The lowest BCUT2D eigenvalue weighted by atomic mass is 10.1. The van der Waals surface area contributed by atoms with Crippen molar-refractivity contribution in [1.29, 1.82) is 0 Å². The van der Waals surface area contributed by atoms with Gasteiger partial charge in [-0.05, 0) is 70.5 Å². The van der Waals surface area contributed by atoms with Crippen LogP contribution in [0.3, 0.4) is 0 Å². The number of hydrogen-bond donors (Lipinski definition) is 1. The van der Waals surface area contributed by atoms with Crippen LogP contribution in [0, 0.1) is 0 Å². The molecular weight excluding hydrogens is 434 g/mol. The third kappa shape index (κ3) is 3.93. The Labute approximate surface area is 175 Å². The topological polar surface area (TPSA) is 68.5 Å². The number of carbonyl (C=O) groups excluding carboxylic acids is 1. The van der Waals surface area contributed by atoms with Gasteiger partial charge in [-0.3, -0.25) is 9.59 Å². The lowest BCUT2D eigenvalue weighted by Crippen LogP contribution is -2.13. The first-order valence-electron chi connectivity index (χ1n) is 8.83. The molecule has 144 valence electrons. The number of methoxy groups -OCH3 is 1. The second-order valence-corrected chi connectivity index (χ2v) is 7.20. The van der Waals surface area contributed by atoms with Crippen LogP contribution in [0.5, 0.6) is 5.75 Å². The van der Waals surface area contributed by atoms with Crippen molar-refractivity contribution in [2.45, 2.75) is 0 Å². The van der Waals surface area contributed by atoms with Crippen LogP contribution in [0.25, 0.3) is 22.3 Å². The minimum absolute atomic E-state index is 0.186. The molecule has 3 aromatic carbocycles. The van der Waals surface area contributed by atoms with Crippen LogP contribution in [0.1, 0.15) is 10.4 Å². The van der Waals surface area contributed by atoms with Gasteiger partial charge in [0.15, 0.2) is 5.43 Å². The van der Waals surface area contributed by atoms with Crippen molar-refractivity contribution in [2.24, 2.45) is 0 Å². The highest BCUT2D eigenvalue weighted by Crippen LogP contribution is 2.26. The zero-order valence-corrected chi connectivity index (χ0v) is 17.0. The van der Waals surface area contributed by atoms with Crippen LogP contribution in [0.2, 0.25) is 0 Å². The highest BCUT2D eigenvalue weighted by Gasteiger charge is 2.12. The maximum atomic E-state index is 12.7. The summed E-state index contributed by atoms with van der Waals surface area (Å²) in [6.45, 7) is 0. The minimum atomic E-state index is -0.268. The molecular formula is C23H16BrNO4. The van der Waals surface area contributed by atoms with Crippen molar-refractivity contribution in [2.75, 3.05) is 12.4 Å². The van der Waals surface area contributed by atoms with Gasteiger partial charge in [-0.25, -0.2) is 0 Å². The Morgan fingerprint density at radius 3 is 2.48 bits per heavy atom. The van der Waals surface area contributed by atoms with Crippen molar-refractivity contribution in [1.82, 2.24) is 0 Å². The van der Waals surface area contributed by atoms with E-state index in [4.69, 9.17) is 9.15 Å². The highest BCUT2D eigenvalue weighted by atomic mass is 79.9. The number of benzene rings is 3. The van der Waals surface area contributed by atoms with Gasteiger partial charge in [0.1, 0.15) is 17.1 Å². The maximum absolute atomic E-state index is 12.7. The van der Waals surface area contributed by atoms with E-state index in [0.717, 1.165) is 11.3 Å². The Kier molecular flexibility index (Phi) is 5.18. The van der Waals surface area contributed by atoms with E-state index in [1.54, 1.807) is 55.6 Å². The quantitative estimate of drug-likeness (QED) is 0.447. The molecule has 1 N–H and O–H groups in total. The van der Waals surface area contributed by atoms with Gasteiger partial charge in [-0.15, -0.1) is 0 Å². The summed E-state index contributed by atoms with van der Waals surface area (Å²) in [7, 11) is 1.60. The number of rotatable bonds is 4. The summed E-state index contributed by atoms with van der Waals surface area (Å²) in [6, 6.07) is 20.9. The fraction of sp³-hybridized carbons (Fsp3) is 0.0435.